The van der Waals surface area contributed by atoms with Gasteiger partial charge in [0.1, 0.15) is 0 Å². The maximum absolute atomic E-state index is 12.3. The van der Waals surface area contributed by atoms with E-state index < -0.39 is 12.6 Å². The van der Waals surface area contributed by atoms with E-state index in [-0.39, 0.29) is 37.2 Å². The second-order valence-electron chi connectivity index (χ2n) is 6.67. The third kappa shape index (κ3) is 6.06. The molecule has 0 amide bonds. The van der Waals surface area contributed by atoms with Crippen LogP contribution >= 0.6 is 15.9 Å². The molecule has 0 aliphatic rings. The number of carbonyl (C=O) groups is 1. The van der Waals surface area contributed by atoms with Crippen molar-refractivity contribution in [2.24, 2.45) is 0 Å². The van der Waals surface area contributed by atoms with Crippen molar-refractivity contribution >= 4 is 38.9 Å². The van der Waals surface area contributed by atoms with Gasteiger partial charge >= 0.3 is 18.2 Å². The molecule has 0 spiro atoms. The van der Waals surface area contributed by atoms with Gasteiger partial charge in [0.05, 0.1) is 26.7 Å². The van der Waals surface area contributed by atoms with Crippen LogP contribution < -0.4 is 10.5 Å². The molecule has 2 N–H and O–H groups in total. The Labute approximate surface area is 183 Å². The summed E-state index contributed by atoms with van der Waals surface area (Å²) >= 11 is 3.37. The molecule has 0 aliphatic heterocycles. The predicted molar refractivity (Wildman–Crippen MR) is 109 cm³/mol. The van der Waals surface area contributed by atoms with Crippen molar-refractivity contribution in [1.29, 1.82) is 0 Å². The van der Waals surface area contributed by atoms with Crippen LogP contribution in [-0.4, -0.2) is 45.4 Å². The second-order valence-corrected chi connectivity index (χ2v) is 7.38. The summed E-state index contributed by atoms with van der Waals surface area (Å²) in [6.07, 6.45) is -5.29. The van der Waals surface area contributed by atoms with Crippen LogP contribution in [0.1, 0.15) is 24.0 Å². The molecule has 0 saturated carbocycles. The largest absolute Gasteiger partial charge is 0.469 e. The molecule has 0 saturated heterocycles. The molecule has 0 bridgehead atoms. The number of nitrogen functional groups attached to an aromatic ring is 1. The number of carbonyl (C=O) groups excluding carboxylic acids is 1. The summed E-state index contributed by atoms with van der Waals surface area (Å²) in [4.78, 5) is 24.1. The standard InChI is InChI=1S/C19H19BrF3N5O3/c1-30-13(29)9-11-4-2-5-12(8-11)10-28-16-14(25-17(28)20)15(24)26-18(27-16)31-7-3-6-19(21,22)23/h2,4-5,8H,3,6-7,9-10H2,1H3,(H2,24,26,27). The number of esters is 1. The van der Waals surface area contributed by atoms with Crippen molar-refractivity contribution in [3.05, 3.63) is 40.1 Å². The number of aromatic nitrogens is 4. The first-order valence-corrected chi connectivity index (χ1v) is 9.99. The minimum absolute atomic E-state index is 0.0507. The monoisotopic (exact) mass is 501 g/mol. The highest BCUT2D eigenvalue weighted by Gasteiger charge is 2.26. The van der Waals surface area contributed by atoms with Crippen molar-refractivity contribution in [3.8, 4) is 6.01 Å². The van der Waals surface area contributed by atoms with Gasteiger partial charge in [-0.05, 0) is 33.5 Å². The molecular formula is C19H19BrF3N5O3. The number of ether oxygens (including phenoxy) is 2. The molecule has 0 unspecified atom stereocenters. The number of rotatable bonds is 8. The number of nitrogens with zero attached hydrogens (tertiary/aromatic N) is 4. The maximum atomic E-state index is 12.3. The van der Waals surface area contributed by atoms with Gasteiger partial charge in [0, 0.05) is 6.42 Å². The molecule has 3 aromatic rings. The van der Waals surface area contributed by atoms with E-state index in [2.05, 4.69) is 30.9 Å². The molecule has 2 heterocycles. The Balaban J connectivity index is 1.82. The molecule has 2 aromatic heterocycles. The highest BCUT2D eigenvalue weighted by molar-refractivity contribution is 9.10. The zero-order valence-electron chi connectivity index (χ0n) is 16.4. The SMILES string of the molecule is COC(=O)Cc1cccc(Cn2c(Br)nc3c(N)nc(OCCCC(F)(F)F)nc32)c1. The number of imidazole rings is 1. The van der Waals surface area contributed by atoms with Crippen LogP contribution in [-0.2, 0) is 22.5 Å². The number of nitrogens with two attached hydrogens (primary N) is 1. The summed E-state index contributed by atoms with van der Waals surface area (Å²) in [5, 5.41) is 0. The highest BCUT2D eigenvalue weighted by atomic mass is 79.9. The van der Waals surface area contributed by atoms with Crippen LogP contribution in [0.5, 0.6) is 6.01 Å². The lowest BCUT2D eigenvalue weighted by Gasteiger charge is -2.10. The number of fused-ring (bicyclic) bond motifs is 1. The molecule has 12 heteroatoms. The van der Waals surface area contributed by atoms with Crippen molar-refractivity contribution in [3.63, 3.8) is 0 Å². The van der Waals surface area contributed by atoms with E-state index in [1.54, 1.807) is 4.57 Å². The summed E-state index contributed by atoms with van der Waals surface area (Å²) in [5.41, 5.74) is 8.29. The number of methoxy groups -OCH3 is 1. The Morgan fingerprint density at radius 2 is 1.97 bits per heavy atom. The lowest BCUT2D eigenvalue weighted by Crippen LogP contribution is -2.11. The molecule has 0 atom stereocenters. The first-order chi connectivity index (χ1) is 14.7. The summed E-state index contributed by atoms with van der Waals surface area (Å²) in [6.45, 7) is 0.144. The van der Waals surface area contributed by atoms with Crippen LogP contribution in [0.2, 0.25) is 0 Å². The lowest BCUT2D eigenvalue weighted by molar-refractivity contribution is -0.140. The fourth-order valence-electron chi connectivity index (χ4n) is 2.87. The number of anilines is 1. The van der Waals surface area contributed by atoms with Crippen molar-refractivity contribution < 1.29 is 27.4 Å². The average Bonchev–Trinajstić information content (AvgIpc) is 3.01. The zero-order valence-corrected chi connectivity index (χ0v) is 18.0. The van der Waals surface area contributed by atoms with Crippen molar-refractivity contribution in [2.45, 2.75) is 32.0 Å². The third-order valence-electron chi connectivity index (χ3n) is 4.30. The number of hydrogen-bond acceptors (Lipinski definition) is 7. The normalized spacial score (nSPS) is 11.6. The molecular weight excluding hydrogens is 483 g/mol. The van der Waals surface area contributed by atoms with Gasteiger partial charge in [0.2, 0.25) is 0 Å². The van der Waals surface area contributed by atoms with Gasteiger partial charge in [-0.2, -0.15) is 23.1 Å². The van der Waals surface area contributed by atoms with Crippen LogP contribution in [0, 0.1) is 0 Å². The van der Waals surface area contributed by atoms with Gasteiger partial charge in [-0.25, -0.2) is 4.98 Å². The summed E-state index contributed by atoms with van der Waals surface area (Å²) in [7, 11) is 1.33. The Kier molecular flexibility index (Phi) is 6.98. The van der Waals surface area contributed by atoms with Gasteiger partial charge in [0.15, 0.2) is 21.7 Å². The predicted octanol–water partition coefficient (Wildman–Crippen LogP) is 3.66. The van der Waals surface area contributed by atoms with Gasteiger partial charge in [-0.15, -0.1) is 0 Å². The molecule has 8 nitrogen and oxygen atoms in total. The Morgan fingerprint density at radius 1 is 1.23 bits per heavy atom. The topological polar surface area (TPSA) is 105 Å². The molecule has 3 rings (SSSR count). The Bertz CT molecular complexity index is 1090. The van der Waals surface area contributed by atoms with E-state index in [0.29, 0.717) is 22.4 Å². The average molecular weight is 502 g/mol. The number of alkyl halides is 3. The number of hydrogen-bond donors (Lipinski definition) is 1. The van der Waals surface area contributed by atoms with Gasteiger partial charge < -0.3 is 15.2 Å². The second kappa shape index (κ2) is 9.50. The number of benzene rings is 1. The van der Waals surface area contributed by atoms with E-state index in [1.807, 2.05) is 24.3 Å². The molecule has 0 radical (unpaired) electrons. The van der Waals surface area contributed by atoms with E-state index in [9.17, 15) is 18.0 Å². The van der Waals surface area contributed by atoms with Gasteiger partial charge in [-0.1, -0.05) is 24.3 Å². The lowest BCUT2D eigenvalue weighted by atomic mass is 10.1. The minimum atomic E-state index is -4.25. The summed E-state index contributed by atoms with van der Waals surface area (Å²) in [6, 6.07) is 7.24. The van der Waals surface area contributed by atoms with Gasteiger partial charge in [0.25, 0.3) is 0 Å². The fraction of sp³-hybridized carbons (Fsp3) is 0.368. The van der Waals surface area contributed by atoms with Crippen LogP contribution in [0.25, 0.3) is 11.2 Å². The quantitative estimate of drug-likeness (QED) is 0.285. The molecule has 0 fully saturated rings. The van der Waals surface area contributed by atoms with Crippen molar-refractivity contribution in [2.75, 3.05) is 19.5 Å². The zero-order chi connectivity index (χ0) is 22.6. The Hall–Kier alpha value is -2.89. The van der Waals surface area contributed by atoms with E-state index in [4.69, 9.17) is 15.2 Å². The molecule has 166 valence electrons. The van der Waals surface area contributed by atoms with Crippen LogP contribution in [0.4, 0.5) is 19.0 Å². The molecule has 0 aliphatic carbocycles. The highest BCUT2D eigenvalue weighted by Crippen LogP contribution is 2.26. The minimum Gasteiger partial charge on any atom is -0.469 e. The Morgan fingerprint density at radius 3 is 2.68 bits per heavy atom. The maximum Gasteiger partial charge on any atom is 0.389 e. The number of halogens is 4. The first-order valence-electron chi connectivity index (χ1n) is 9.19. The third-order valence-corrected chi connectivity index (χ3v) is 4.90. The van der Waals surface area contributed by atoms with E-state index in [1.165, 1.54) is 7.11 Å². The van der Waals surface area contributed by atoms with E-state index >= 15 is 0 Å². The molecule has 1 aromatic carbocycles. The van der Waals surface area contributed by atoms with Gasteiger partial charge in [-0.3, -0.25) is 9.36 Å². The van der Waals surface area contributed by atoms with Crippen LogP contribution in [0.3, 0.4) is 0 Å². The van der Waals surface area contributed by atoms with Crippen molar-refractivity contribution in [1.82, 2.24) is 19.5 Å². The summed E-state index contributed by atoms with van der Waals surface area (Å²) in [5.74, 6) is -0.297. The first kappa shape index (κ1) is 22.8. The fourth-order valence-corrected chi connectivity index (χ4v) is 3.35. The van der Waals surface area contributed by atoms with Crippen LogP contribution in [0.15, 0.2) is 29.0 Å². The summed E-state index contributed by atoms with van der Waals surface area (Å²) < 4.78 is 49.0. The van der Waals surface area contributed by atoms with E-state index in [0.717, 1.165) is 11.1 Å². The molecule has 31 heavy (non-hydrogen) atoms. The smallest absolute Gasteiger partial charge is 0.389 e.